The topological polar surface area (TPSA) is 3.24 Å². The van der Waals surface area contributed by atoms with Gasteiger partial charge in [0.1, 0.15) is 0 Å². The van der Waals surface area contributed by atoms with E-state index in [9.17, 15) is 17.3 Å². The molecule has 20 heavy (non-hydrogen) atoms. The van der Waals surface area contributed by atoms with E-state index < -0.39 is 7.25 Å². The van der Waals surface area contributed by atoms with Crippen molar-refractivity contribution in [3.8, 4) is 0 Å². The van der Waals surface area contributed by atoms with Gasteiger partial charge in [-0.05, 0) is 18.7 Å². The molecule has 1 heterocycles. The monoisotopic (exact) mass is 360 g/mol. The Labute approximate surface area is 130 Å². The van der Waals surface area contributed by atoms with Gasteiger partial charge in [0.05, 0.1) is 0 Å². The van der Waals surface area contributed by atoms with E-state index in [0.29, 0.717) is 0 Å². The SMILES string of the molecule is Br.CCCCCCCCN1C=CC=CC1.F[B-](F)(F)F. The van der Waals surface area contributed by atoms with Gasteiger partial charge in [0.25, 0.3) is 0 Å². The summed E-state index contributed by atoms with van der Waals surface area (Å²) in [6.07, 6.45) is 17.0. The van der Waals surface area contributed by atoms with E-state index in [2.05, 4.69) is 36.3 Å². The van der Waals surface area contributed by atoms with Crippen molar-refractivity contribution in [3.63, 3.8) is 0 Å². The lowest BCUT2D eigenvalue weighted by atomic mass is 10.1. The van der Waals surface area contributed by atoms with Gasteiger partial charge in [0.2, 0.25) is 0 Å². The molecule has 0 aromatic carbocycles. The first-order valence-corrected chi connectivity index (χ1v) is 6.88. The van der Waals surface area contributed by atoms with Crippen LogP contribution in [-0.2, 0) is 0 Å². The zero-order valence-corrected chi connectivity index (χ0v) is 13.6. The summed E-state index contributed by atoms with van der Waals surface area (Å²) in [5.74, 6) is 0. The van der Waals surface area contributed by atoms with Crippen molar-refractivity contribution in [1.82, 2.24) is 4.90 Å². The molecule has 0 atom stereocenters. The number of hydrogen-bond donors (Lipinski definition) is 0. The van der Waals surface area contributed by atoms with Crippen LogP contribution in [-0.4, -0.2) is 25.2 Å². The standard InChI is InChI=1S/C13H23N.BF4.BrH/c1-2-3-4-5-6-8-11-14-12-9-7-10-13-14;2-1(3,4)5;/h7,9-10,12H,2-6,8,11,13H2,1H3;;1H/q;-1;. The van der Waals surface area contributed by atoms with Crippen LogP contribution in [0.15, 0.2) is 24.4 Å². The van der Waals surface area contributed by atoms with Crippen molar-refractivity contribution >= 4 is 24.2 Å². The third-order valence-corrected chi connectivity index (χ3v) is 2.68. The molecule has 0 fully saturated rings. The van der Waals surface area contributed by atoms with Crippen molar-refractivity contribution in [2.75, 3.05) is 13.1 Å². The Morgan fingerprint density at radius 1 is 0.950 bits per heavy atom. The molecule has 0 aromatic heterocycles. The summed E-state index contributed by atoms with van der Waals surface area (Å²) in [4.78, 5) is 2.39. The molecule has 1 aliphatic heterocycles. The average molecular weight is 361 g/mol. The Morgan fingerprint density at radius 3 is 2.00 bits per heavy atom. The fourth-order valence-corrected chi connectivity index (χ4v) is 1.77. The van der Waals surface area contributed by atoms with E-state index in [4.69, 9.17) is 0 Å². The molecule has 0 saturated carbocycles. The van der Waals surface area contributed by atoms with Gasteiger partial charge >= 0.3 is 7.25 Å². The molecular weight excluding hydrogens is 337 g/mol. The van der Waals surface area contributed by atoms with Gasteiger partial charge in [-0.1, -0.05) is 51.2 Å². The predicted octanol–water partition coefficient (Wildman–Crippen LogP) is 5.61. The first-order valence-electron chi connectivity index (χ1n) is 6.88. The molecule has 0 spiro atoms. The van der Waals surface area contributed by atoms with Crippen molar-refractivity contribution in [2.45, 2.75) is 45.4 Å². The van der Waals surface area contributed by atoms with Crippen LogP contribution in [0.3, 0.4) is 0 Å². The average Bonchev–Trinajstić information content (AvgIpc) is 2.33. The van der Waals surface area contributed by atoms with Gasteiger partial charge in [-0.2, -0.15) is 0 Å². The van der Waals surface area contributed by atoms with E-state index in [1.165, 1.54) is 45.1 Å². The van der Waals surface area contributed by atoms with E-state index in [1.54, 1.807) is 0 Å². The fourth-order valence-electron chi connectivity index (χ4n) is 1.77. The highest BCUT2D eigenvalue weighted by Crippen LogP contribution is 2.07. The minimum atomic E-state index is -6.00. The van der Waals surface area contributed by atoms with Crippen LogP contribution in [0.5, 0.6) is 0 Å². The van der Waals surface area contributed by atoms with Gasteiger partial charge in [-0.3, -0.25) is 0 Å². The van der Waals surface area contributed by atoms with Crippen LogP contribution in [0.25, 0.3) is 0 Å². The second-order valence-corrected chi connectivity index (χ2v) is 4.53. The molecule has 7 heteroatoms. The Balaban J connectivity index is 0. The third kappa shape index (κ3) is 19.9. The van der Waals surface area contributed by atoms with Gasteiger partial charge in [0, 0.05) is 13.1 Å². The number of unbranched alkanes of at least 4 members (excludes halogenated alkanes) is 5. The van der Waals surface area contributed by atoms with E-state index in [1.807, 2.05) is 0 Å². The number of nitrogens with zero attached hydrogens (tertiary/aromatic N) is 1. The van der Waals surface area contributed by atoms with Crippen LogP contribution < -0.4 is 0 Å². The molecule has 120 valence electrons. The molecule has 0 amide bonds. The molecule has 0 N–H and O–H groups in total. The van der Waals surface area contributed by atoms with Gasteiger partial charge < -0.3 is 22.2 Å². The summed E-state index contributed by atoms with van der Waals surface area (Å²) >= 11 is 0. The Morgan fingerprint density at radius 2 is 1.50 bits per heavy atom. The summed E-state index contributed by atoms with van der Waals surface area (Å²) < 4.78 is 39.0. The highest BCUT2D eigenvalue weighted by atomic mass is 79.9. The normalized spacial score (nSPS) is 13.6. The second-order valence-electron chi connectivity index (χ2n) is 4.53. The minimum Gasteiger partial charge on any atom is -0.418 e. The molecular formula is C13H24BBrF4N-. The van der Waals surface area contributed by atoms with Crippen molar-refractivity contribution in [1.29, 1.82) is 0 Å². The number of hydrogen-bond acceptors (Lipinski definition) is 1. The van der Waals surface area contributed by atoms with Crippen LogP contribution >= 0.6 is 17.0 Å². The Kier molecular flexibility index (Phi) is 14.8. The zero-order valence-electron chi connectivity index (χ0n) is 11.9. The summed E-state index contributed by atoms with van der Waals surface area (Å²) in [6, 6.07) is 0. The maximum atomic E-state index is 9.75. The highest BCUT2D eigenvalue weighted by molar-refractivity contribution is 8.93. The van der Waals surface area contributed by atoms with E-state index in [-0.39, 0.29) is 17.0 Å². The summed E-state index contributed by atoms with van der Waals surface area (Å²) in [5.41, 5.74) is 0. The lowest BCUT2D eigenvalue weighted by molar-refractivity contribution is 0.368. The molecule has 0 aromatic rings. The first kappa shape index (κ1) is 21.8. The summed E-state index contributed by atoms with van der Waals surface area (Å²) in [6.45, 7) is 4.60. The summed E-state index contributed by atoms with van der Waals surface area (Å²) in [5, 5.41) is 0. The molecule has 0 saturated heterocycles. The number of halogens is 5. The quantitative estimate of drug-likeness (QED) is 0.324. The van der Waals surface area contributed by atoms with Crippen LogP contribution in [0, 0.1) is 0 Å². The van der Waals surface area contributed by atoms with E-state index in [0.717, 1.165) is 6.54 Å². The molecule has 1 rings (SSSR count). The fraction of sp³-hybridized carbons (Fsp3) is 0.692. The number of rotatable bonds is 7. The molecule has 0 bridgehead atoms. The van der Waals surface area contributed by atoms with E-state index >= 15 is 0 Å². The lowest BCUT2D eigenvalue weighted by Crippen LogP contribution is -2.19. The molecule has 1 nitrogen and oxygen atoms in total. The maximum Gasteiger partial charge on any atom is 0.673 e. The van der Waals surface area contributed by atoms with Gasteiger partial charge in [0.15, 0.2) is 0 Å². The van der Waals surface area contributed by atoms with Crippen molar-refractivity contribution < 1.29 is 17.3 Å². The highest BCUT2D eigenvalue weighted by Gasteiger charge is 2.20. The number of allylic oxidation sites excluding steroid dienone is 2. The Hall–Kier alpha value is -0.455. The predicted molar refractivity (Wildman–Crippen MR) is 83.7 cm³/mol. The molecule has 0 unspecified atom stereocenters. The first-order chi connectivity index (χ1) is 8.93. The zero-order chi connectivity index (χ0) is 14.6. The summed E-state index contributed by atoms with van der Waals surface area (Å²) in [7, 11) is -6.00. The Bertz CT molecular complexity index is 264. The largest absolute Gasteiger partial charge is 0.673 e. The van der Waals surface area contributed by atoms with Crippen molar-refractivity contribution in [2.24, 2.45) is 0 Å². The van der Waals surface area contributed by atoms with Gasteiger partial charge in [-0.15, -0.1) is 17.0 Å². The van der Waals surface area contributed by atoms with Crippen molar-refractivity contribution in [3.05, 3.63) is 24.4 Å². The maximum absolute atomic E-state index is 9.75. The van der Waals surface area contributed by atoms with Crippen LogP contribution in [0.1, 0.15) is 45.4 Å². The smallest absolute Gasteiger partial charge is 0.418 e. The molecule has 0 aliphatic carbocycles. The second kappa shape index (κ2) is 13.5. The molecule has 1 aliphatic rings. The van der Waals surface area contributed by atoms with Gasteiger partial charge in [-0.25, -0.2) is 0 Å². The van der Waals surface area contributed by atoms with Crippen LogP contribution in [0.4, 0.5) is 17.3 Å². The molecule has 0 radical (unpaired) electrons. The minimum absolute atomic E-state index is 0. The lowest BCUT2D eigenvalue weighted by Gasteiger charge is -2.20. The third-order valence-electron chi connectivity index (χ3n) is 2.68. The van der Waals surface area contributed by atoms with Crippen LogP contribution in [0.2, 0.25) is 0 Å².